The van der Waals surface area contributed by atoms with Crippen molar-refractivity contribution < 1.29 is 0 Å². The van der Waals surface area contributed by atoms with Gasteiger partial charge in [0.05, 0.1) is 5.69 Å². The molecule has 17 heavy (non-hydrogen) atoms. The monoisotopic (exact) mass is 246 g/mol. The average Bonchev–Trinajstić information content (AvgIpc) is 2.38. The molecule has 88 valence electrons. The average molecular weight is 246 g/mol. The highest BCUT2D eigenvalue weighted by Gasteiger charge is 2.11. The van der Waals surface area contributed by atoms with Crippen molar-refractivity contribution >= 4 is 11.8 Å². The molecule has 0 saturated carbocycles. The molecule has 0 aliphatic heterocycles. The highest BCUT2D eigenvalue weighted by atomic mass is 32.2. The van der Waals surface area contributed by atoms with E-state index in [9.17, 15) is 4.79 Å². The van der Waals surface area contributed by atoms with Crippen LogP contribution >= 0.6 is 11.8 Å². The third-order valence-corrected chi connectivity index (χ3v) is 3.26. The molecule has 0 bridgehead atoms. The summed E-state index contributed by atoms with van der Waals surface area (Å²) in [6, 6.07) is 11.6. The summed E-state index contributed by atoms with van der Waals surface area (Å²) >= 11 is 1.44. The zero-order chi connectivity index (χ0) is 12.3. The minimum atomic E-state index is -0.0952. The van der Waals surface area contributed by atoms with Crippen LogP contribution < -0.4 is 5.56 Å². The molecule has 1 heterocycles. The van der Waals surface area contributed by atoms with Crippen molar-refractivity contribution in [1.82, 2.24) is 9.97 Å². The minimum absolute atomic E-state index is 0.0952. The first-order chi connectivity index (χ1) is 8.20. The van der Waals surface area contributed by atoms with Crippen LogP contribution in [0.1, 0.15) is 24.1 Å². The summed E-state index contributed by atoms with van der Waals surface area (Å²) < 4.78 is 0. The van der Waals surface area contributed by atoms with Crippen molar-refractivity contribution in [1.29, 1.82) is 0 Å². The van der Waals surface area contributed by atoms with Crippen LogP contribution in [0.15, 0.2) is 46.3 Å². The van der Waals surface area contributed by atoms with Gasteiger partial charge in [-0.05, 0) is 11.8 Å². The molecule has 2 rings (SSSR count). The van der Waals surface area contributed by atoms with Crippen molar-refractivity contribution in [2.75, 3.05) is 6.26 Å². The molecule has 0 fully saturated rings. The van der Waals surface area contributed by atoms with Crippen LogP contribution in [0, 0.1) is 0 Å². The molecule has 0 aliphatic rings. The third-order valence-electron chi connectivity index (χ3n) is 2.68. The normalized spacial score (nSPS) is 12.4. The number of nitrogens with one attached hydrogen (secondary N) is 1. The molecule has 0 aliphatic carbocycles. The maximum atomic E-state index is 11.5. The quantitative estimate of drug-likeness (QED) is 0.669. The van der Waals surface area contributed by atoms with Gasteiger partial charge in [-0.3, -0.25) is 4.79 Å². The Balaban J connectivity index is 2.40. The van der Waals surface area contributed by atoms with E-state index >= 15 is 0 Å². The lowest BCUT2D eigenvalue weighted by atomic mass is 9.98. The molecule has 1 aromatic heterocycles. The van der Waals surface area contributed by atoms with E-state index in [0.717, 1.165) is 11.3 Å². The fourth-order valence-electron chi connectivity index (χ4n) is 1.68. The smallest absolute Gasteiger partial charge is 0.251 e. The predicted molar refractivity (Wildman–Crippen MR) is 70.6 cm³/mol. The summed E-state index contributed by atoms with van der Waals surface area (Å²) in [7, 11) is 0. The van der Waals surface area contributed by atoms with E-state index in [-0.39, 0.29) is 11.5 Å². The predicted octanol–water partition coefficient (Wildman–Crippen LogP) is 2.64. The number of benzene rings is 1. The van der Waals surface area contributed by atoms with E-state index < -0.39 is 0 Å². The van der Waals surface area contributed by atoms with Crippen molar-refractivity contribution in [3.05, 3.63) is 58.0 Å². The lowest BCUT2D eigenvalue weighted by molar-refractivity contribution is 0.801. The van der Waals surface area contributed by atoms with E-state index in [1.165, 1.54) is 11.8 Å². The summed E-state index contributed by atoms with van der Waals surface area (Å²) in [5.41, 5.74) is 1.88. The van der Waals surface area contributed by atoms with Crippen molar-refractivity contribution in [3.8, 4) is 0 Å². The zero-order valence-electron chi connectivity index (χ0n) is 9.81. The molecular formula is C13H14N2OS. The van der Waals surface area contributed by atoms with Gasteiger partial charge in [0.2, 0.25) is 0 Å². The number of nitrogens with zero attached hydrogens (tertiary/aromatic N) is 1. The number of hydrogen-bond acceptors (Lipinski definition) is 3. The van der Waals surface area contributed by atoms with Crippen LogP contribution in [0.3, 0.4) is 0 Å². The first kappa shape index (κ1) is 11.9. The highest BCUT2D eigenvalue weighted by Crippen LogP contribution is 2.22. The van der Waals surface area contributed by atoms with Crippen LogP contribution in [-0.4, -0.2) is 16.2 Å². The van der Waals surface area contributed by atoms with E-state index in [2.05, 4.69) is 16.9 Å². The number of thioether (sulfide) groups is 1. The summed E-state index contributed by atoms with van der Waals surface area (Å²) in [6.07, 6.45) is 1.90. The maximum absolute atomic E-state index is 11.5. The molecule has 1 N–H and O–H groups in total. The number of H-pyrrole nitrogens is 1. The molecule has 1 atom stereocenters. The Morgan fingerprint density at radius 2 is 2.00 bits per heavy atom. The molecule has 4 heteroatoms. The van der Waals surface area contributed by atoms with Gasteiger partial charge in [0.25, 0.3) is 5.56 Å². The Hall–Kier alpha value is -1.55. The summed E-state index contributed by atoms with van der Waals surface area (Å²) in [4.78, 5) is 18.6. The first-order valence-electron chi connectivity index (χ1n) is 5.41. The second-order valence-corrected chi connectivity index (χ2v) is 4.61. The maximum Gasteiger partial charge on any atom is 0.251 e. The van der Waals surface area contributed by atoms with Crippen LogP contribution in [0.2, 0.25) is 0 Å². The third kappa shape index (κ3) is 2.77. The molecule has 0 amide bonds. The highest BCUT2D eigenvalue weighted by molar-refractivity contribution is 7.98. The number of aromatic amines is 1. The first-order valence-corrected chi connectivity index (χ1v) is 6.63. The van der Waals surface area contributed by atoms with Gasteiger partial charge >= 0.3 is 0 Å². The van der Waals surface area contributed by atoms with Crippen LogP contribution in [0.5, 0.6) is 0 Å². The second-order valence-electron chi connectivity index (χ2n) is 3.81. The molecule has 1 aromatic carbocycles. The van der Waals surface area contributed by atoms with Gasteiger partial charge in [0, 0.05) is 12.0 Å². The Bertz CT molecular complexity index is 551. The van der Waals surface area contributed by atoms with E-state index in [0.29, 0.717) is 5.16 Å². The Labute approximate surface area is 104 Å². The summed E-state index contributed by atoms with van der Waals surface area (Å²) in [6.45, 7) is 2.06. The van der Waals surface area contributed by atoms with E-state index in [4.69, 9.17) is 0 Å². The fraction of sp³-hybridized carbons (Fsp3) is 0.231. The summed E-state index contributed by atoms with van der Waals surface area (Å²) in [5, 5.41) is 0.662. The molecule has 1 unspecified atom stereocenters. The molecular weight excluding hydrogens is 232 g/mol. The molecule has 0 spiro atoms. The van der Waals surface area contributed by atoms with Gasteiger partial charge < -0.3 is 4.98 Å². The van der Waals surface area contributed by atoms with Crippen molar-refractivity contribution in [2.24, 2.45) is 0 Å². The second kappa shape index (κ2) is 5.19. The van der Waals surface area contributed by atoms with Crippen molar-refractivity contribution in [3.63, 3.8) is 0 Å². The SMILES string of the molecule is CSc1nc(C(C)c2ccccc2)cc(=O)[nH]1. The lowest BCUT2D eigenvalue weighted by Crippen LogP contribution is -2.12. The standard InChI is InChI=1S/C13H14N2OS/c1-9(10-6-4-3-5-7-10)11-8-12(16)15-13(14-11)17-2/h3-9H,1-2H3,(H,14,15,16). The largest absolute Gasteiger partial charge is 0.301 e. The Kier molecular flexibility index (Phi) is 3.64. The van der Waals surface area contributed by atoms with E-state index in [1.54, 1.807) is 6.07 Å². The molecule has 0 radical (unpaired) electrons. The van der Waals surface area contributed by atoms with Gasteiger partial charge in [-0.2, -0.15) is 0 Å². The van der Waals surface area contributed by atoms with Crippen LogP contribution in [-0.2, 0) is 0 Å². The minimum Gasteiger partial charge on any atom is -0.301 e. The van der Waals surface area contributed by atoms with Gasteiger partial charge in [-0.15, -0.1) is 0 Å². The number of aromatic nitrogens is 2. The van der Waals surface area contributed by atoms with Crippen molar-refractivity contribution in [2.45, 2.75) is 18.0 Å². The topological polar surface area (TPSA) is 45.8 Å². The molecule has 2 aromatic rings. The Morgan fingerprint density at radius 1 is 1.29 bits per heavy atom. The van der Waals surface area contributed by atoms with Crippen LogP contribution in [0.25, 0.3) is 0 Å². The van der Waals surface area contributed by atoms with Gasteiger partial charge in [0.1, 0.15) is 0 Å². The molecule has 0 saturated heterocycles. The van der Waals surface area contributed by atoms with Gasteiger partial charge in [-0.25, -0.2) is 4.98 Å². The zero-order valence-corrected chi connectivity index (χ0v) is 10.6. The number of hydrogen-bond donors (Lipinski definition) is 1. The fourth-order valence-corrected chi connectivity index (χ4v) is 2.08. The lowest BCUT2D eigenvalue weighted by Gasteiger charge is -2.11. The summed E-state index contributed by atoms with van der Waals surface area (Å²) in [5.74, 6) is 0.129. The van der Waals surface area contributed by atoms with Crippen LogP contribution in [0.4, 0.5) is 0 Å². The van der Waals surface area contributed by atoms with E-state index in [1.807, 2.05) is 36.6 Å². The van der Waals surface area contributed by atoms with Gasteiger partial charge in [-0.1, -0.05) is 49.0 Å². The molecule has 3 nitrogen and oxygen atoms in total. The van der Waals surface area contributed by atoms with Gasteiger partial charge in [0.15, 0.2) is 5.16 Å². The number of rotatable bonds is 3. The Morgan fingerprint density at radius 3 is 2.65 bits per heavy atom.